The Bertz CT molecular complexity index is 601. The van der Waals surface area contributed by atoms with Crippen molar-refractivity contribution in [1.82, 2.24) is 5.32 Å². The third-order valence-corrected chi connectivity index (χ3v) is 5.57. The van der Waals surface area contributed by atoms with E-state index in [4.69, 9.17) is 4.74 Å². The molecule has 0 saturated heterocycles. The molecule has 1 aromatic heterocycles. The Morgan fingerprint density at radius 2 is 2.14 bits per heavy atom. The number of methoxy groups -OCH3 is 1. The summed E-state index contributed by atoms with van der Waals surface area (Å²) in [6.07, 6.45) is 0. The van der Waals surface area contributed by atoms with Crippen LogP contribution in [-0.4, -0.2) is 25.3 Å². The minimum Gasteiger partial charge on any atom is -0.496 e. The Kier molecular flexibility index (Phi) is 6.60. The van der Waals surface area contributed by atoms with Crippen molar-refractivity contribution in [2.45, 2.75) is 5.75 Å². The minimum atomic E-state index is -0.0908. The molecule has 0 fully saturated rings. The van der Waals surface area contributed by atoms with E-state index >= 15 is 0 Å². The van der Waals surface area contributed by atoms with E-state index in [1.165, 1.54) is 4.88 Å². The molecule has 0 aliphatic rings. The van der Waals surface area contributed by atoms with Gasteiger partial charge in [0, 0.05) is 22.9 Å². The van der Waals surface area contributed by atoms with Crippen molar-refractivity contribution in [2.24, 2.45) is 0 Å². The number of thiophene rings is 1. The second kappa shape index (κ2) is 8.46. The molecule has 0 radical (unpaired) electrons. The lowest BCUT2D eigenvalue weighted by molar-refractivity contribution is 0.0953. The van der Waals surface area contributed by atoms with Crippen LogP contribution in [0.3, 0.4) is 0 Å². The first-order valence-corrected chi connectivity index (χ1v) is 9.20. The summed E-state index contributed by atoms with van der Waals surface area (Å²) in [5.74, 6) is 2.37. The lowest BCUT2D eigenvalue weighted by Gasteiger charge is -2.08. The number of hydrogen-bond acceptors (Lipinski definition) is 4. The van der Waals surface area contributed by atoms with Gasteiger partial charge in [-0.25, -0.2) is 0 Å². The average Bonchev–Trinajstić information content (AvgIpc) is 2.92. The fraction of sp³-hybridized carbons (Fsp3) is 0.267. The third kappa shape index (κ3) is 5.05. The summed E-state index contributed by atoms with van der Waals surface area (Å²) < 4.78 is 6.34. The molecule has 6 heteroatoms. The van der Waals surface area contributed by atoms with E-state index in [0.29, 0.717) is 17.9 Å². The van der Waals surface area contributed by atoms with Gasteiger partial charge in [0.1, 0.15) is 5.75 Å². The summed E-state index contributed by atoms with van der Waals surface area (Å²) in [5, 5.41) is 2.92. The highest BCUT2D eigenvalue weighted by Gasteiger charge is 2.10. The van der Waals surface area contributed by atoms with Gasteiger partial charge in [0.2, 0.25) is 0 Å². The van der Waals surface area contributed by atoms with E-state index in [9.17, 15) is 4.79 Å². The predicted octanol–water partition coefficient (Wildman–Crippen LogP) is 4.18. The molecule has 0 atom stereocenters. The summed E-state index contributed by atoms with van der Waals surface area (Å²) in [6.45, 7) is 0.647. The molecule has 0 spiro atoms. The number of amides is 1. The Hall–Kier alpha value is -0.980. The minimum absolute atomic E-state index is 0.0908. The van der Waals surface area contributed by atoms with Crippen LogP contribution in [0.4, 0.5) is 0 Å². The second-order valence-electron chi connectivity index (χ2n) is 4.21. The largest absolute Gasteiger partial charge is 0.496 e. The van der Waals surface area contributed by atoms with Gasteiger partial charge in [0.15, 0.2) is 0 Å². The van der Waals surface area contributed by atoms with Crippen LogP contribution < -0.4 is 10.1 Å². The van der Waals surface area contributed by atoms with Gasteiger partial charge in [-0.3, -0.25) is 4.79 Å². The molecule has 0 aliphatic heterocycles. The van der Waals surface area contributed by atoms with Crippen LogP contribution >= 0.6 is 39.0 Å². The number of benzene rings is 1. The Morgan fingerprint density at radius 3 is 2.86 bits per heavy atom. The van der Waals surface area contributed by atoms with Crippen LogP contribution in [0.15, 0.2) is 40.2 Å². The van der Waals surface area contributed by atoms with Crippen molar-refractivity contribution in [2.75, 3.05) is 19.4 Å². The normalized spacial score (nSPS) is 10.4. The van der Waals surface area contributed by atoms with Gasteiger partial charge in [0.25, 0.3) is 5.91 Å². The van der Waals surface area contributed by atoms with Crippen LogP contribution in [-0.2, 0) is 5.75 Å². The molecule has 2 rings (SSSR count). The monoisotopic (exact) mass is 385 g/mol. The smallest absolute Gasteiger partial charge is 0.255 e. The number of carbonyl (C=O) groups excluding carboxylic acids is 1. The second-order valence-corrected chi connectivity index (χ2v) is 7.87. The first-order chi connectivity index (χ1) is 10.2. The average molecular weight is 386 g/mol. The molecule has 1 amide bonds. The maximum Gasteiger partial charge on any atom is 0.255 e. The molecule has 0 saturated carbocycles. The molecule has 3 nitrogen and oxygen atoms in total. The topological polar surface area (TPSA) is 38.3 Å². The number of hydrogen-bond donors (Lipinski definition) is 1. The number of para-hydroxylation sites is 1. The predicted molar refractivity (Wildman–Crippen MR) is 93.5 cm³/mol. The van der Waals surface area contributed by atoms with Gasteiger partial charge >= 0.3 is 0 Å². The van der Waals surface area contributed by atoms with Crippen LogP contribution in [0, 0.1) is 0 Å². The van der Waals surface area contributed by atoms with Crippen LogP contribution in [0.5, 0.6) is 5.75 Å². The highest BCUT2D eigenvalue weighted by Crippen LogP contribution is 2.25. The number of carbonyl (C=O) groups is 1. The Labute approximate surface area is 141 Å². The first kappa shape index (κ1) is 16.4. The van der Waals surface area contributed by atoms with Crippen molar-refractivity contribution in [3.05, 3.63) is 50.6 Å². The van der Waals surface area contributed by atoms with Crippen molar-refractivity contribution < 1.29 is 9.53 Å². The van der Waals surface area contributed by atoms with Crippen molar-refractivity contribution in [3.8, 4) is 5.75 Å². The van der Waals surface area contributed by atoms with Crippen LogP contribution in [0.2, 0.25) is 0 Å². The zero-order valence-electron chi connectivity index (χ0n) is 11.6. The molecular formula is C15H16BrNO2S2. The third-order valence-electron chi connectivity index (χ3n) is 2.76. The molecule has 1 N–H and O–H groups in total. The molecule has 0 aliphatic carbocycles. The van der Waals surface area contributed by atoms with Gasteiger partial charge in [-0.05, 0) is 40.2 Å². The van der Waals surface area contributed by atoms with E-state index in [-0.39, 0.29) is 5.91 Å². The standard InChI is InChI=1S/C15H16BrNO2S2/c1-19-13-5-3-2-4-12(13)15(18)17-8-9-20-10-11-6-7-14(16)21-11/h2-7H,8-10H2,1H3,(H,17,18). The lowest BCUT2D eigenvalue weighted by atomic mass is 10.2. The fourth-order valence-corrected chi connectivity index (χ4v) is 4.22. The maximum absolute atomic E-state index is 12.1. The quantitative estimate of drug-likeness (QED) is 0.726. The van der Waals surface area contributed by atoms with Gasteiger partial charge in [0.05, 0.1) is 16.5 Å². The van der Waals surface area contributed by atoms with E-state index < -0.39 is 0 Å². The highest BCUT2D eigenvalue weighted by atomic mass is 79.9. The fourth-order valence-electron chi connectivity index (χ4n) is 1.77. The van der Waals surface area contributed by atoms with Crippen LogP contribution in [0.25, 0.3) is 0 Å². The van der Waals surface area contributed by atoms with Crippen molar-refractivity contribution >= 4 is 44.9 Å². The maximum atomic E-state index is 12.1. The number of nitrogens with one attached hydrogen (secondary N) is 1. The molecular weight excluding hydrogens is 370 g/mol. The van der Waals surface area contributed by atoms with Gasteiger partial charge in [-0.2, -0.15) is 11.8 Å². The zero-order chi connectivity index (χ0) is 15.1. The highest BCUT2D eigenvalue weighted by molar-refractivity contribution is 9.11. The Balaban J connectivity index is 1.72. The zero-order valence-corrected chi connectivity index (χ0v) is 14.8. The van der Waals surface area contributed by atoms with Crippen LogP contribution in [0.1, 0.15) is 15.2 Å². The van der Waals surface area contributed by atoms with Crippen molar-refractivity contribution in [1.29, 1.82) is 0 Å². The molecule has 1 aromatic carbocycles. The number of thioether (sulfide) groups is 1. The van der Waals surface area contributed by atoms with E-state index in [0.717, 1.165) is 15.3 Å². The molecule has 0 unspecified atom stereocenters. The summed E-state index contributed by atoms with van der Waals surface area (Å²) in [7, 11) is 1.57. The first-order valence-electron chi connectivity index (χ1n) is 6.44. The van der Waals surface area contributed by atoms with Crippen molar-refractivity contribution in [3.63, 3.8) is 0 Å². The van der Waals surface area contributed by atoms with Gasteiger partial charge in [-0.15, -0.1) is 11.3 Å². The van der Waals surface area contributed by atoms with Gasteiger partial charge < -0.3 is 10.1 Å². The summed E-state index contributed by atoms with van der Waals surface area (Å²) in [6, 6.07) is 11.4. The SMILES string of the molecule is COc1ccccc1C(=O)NCCSCc1ccc(Br)s1. The summed E-state index contributed by atoms with van der Waals surface area (Å²) >= 11 is 7.01. The molecule has 21 heavy (non-hydrogen) atoms. The van der Waals surface area contributed by atoms with E-state index in [1.54, 1.807) is 30.6 Å². The molecule has 2 aromatic rings. The molecule has 0 bridgehead atoms. The molecule has 112 valence electrons. The summed E-state index contributed by atoms with van der Waals surface area (Å²) in [4.78, 5) is 13.4. The summed E-state index contributed by atoms with van der Waals surface area (Å²) in [5.41, 5.74) is 0.576. The number of rotatable bonds is 7. The lowest BCUT2D eigenvalue weighted by Crippen LogP contribution is -2.26. The van der Waals surface area contributed by atoms with E-state index in [1.807, 2.05) is 23.9 Å². The van der Waals surface area contributed by atoms with E-state index in [2.05, 4.69) is 33.4 Å². The Morgan fingerprint density at radius 1 is 1.33 bits per heavy atom. The number of halogens is 1. The van der Waals surface area contributed by atoms with Gasteiger partial charge in [-0.1, -0.05) is 12.1 Å². The number of ether oxygens (including phenoxy) is 1. The molecule has 1 heterocycles.